The minimum absolute atomic E-state index is 0.0511. The molecule has 5 nitrogen and oxygen atoms in total. The summed E-state index contributed by atoms with van der Waals surface area (Å²) >= 11 is 3.35. The predicted molar refractivity (Wildman–Crippen MR) is 77.0 cm³/mol. The molecule has 19 heavy (non-hydrogen) atoms. The lowest BCUT2D eigenvalue weighted by molar-refractivity contribution is 0.323. The van der Waals surface area contributed by atoms with Crippen LogP contribution in [0, 0.1) is 0 Å². The van der Waals surface area contributed by atoms with Crippen LogP contribution < -0.4 is 11.3 Å². The molecular formula is C13H15BrN4O. The number of hydrogen-bond donors (Lipinski definition) is 1. The number of halogens is 1. The summed E-state index contributed by atoms with van der Waals surface area (Å²) in [4.78, 5) is 18.8. The normalized spacial score (nSPS) is 20.2. The minimum atomic E-state index is -0.0511. The first-order chi connectivity index (χ1) is 9.11. The van der Waals surface area contributed by atoms with Crippen LogP contribution in [0.3, 0.4) is 0 Å². The smallest absolute Gasteiger partial charge is 0.258 e. The largest absolute Gasteiger partial charge is 0.326 e. The summed E-state index contributed by atoms with van der Waals surface area (Å²) in [6, 6.07) is 5.57. The molecule has 0 bridgehead atoms. The van der Waals surface area contributed by atoms with Crippen molar-refractivity contribution in [2.45, 2.75) is 19.0 Å². The Morgan fingerprint density at radius 1 is 1.47 bits per heavy atom. The molecular weight excluding hydrogens is 308 g/mol. The molecule has 1 fully saturated rings. The predicted octanol–water partition coefficient (Wildman–Crippen LogP) is 0.990. The quantitative estimate of drug-likeness (QED) is 0.895. The van der Waals surface area contributed by atoms with Crippen LogP contribution in [0.25, 0.3) is 5.65 Å². The van der Waals surface area contributed by atoms with Gasteiger partial charge in [0, 0.05) is 42.4 Å². The third-order valence-corrected chi connectivity index (χ3v) is 3.84. The van der Waals surface area contributed by atoms with Crippen LogP contribution in [0.1, 0.15) is 12.1 Å². The first kappa shape index (κ1) is 12.8. The number of rotatable bonds is 2. The molecule has 2 aromatic heterocycles. The highest BCUT2D eigenvalue weighted by atomic mass is 79.9. The van der Waals surface area contributed by atoms with Gasteiger partial charge in [0.05, 0.1) is 5.69 Å². The van der Waals surface area contributed by atoms with Crippen molar-refractivity contribution in [3.8, 4) is 0 Å². The second kappa shape index (κ2) is 5.03. The van der Waals surface area contributed by atoms with E-state index in [1.165, 1.54) is 0 Å². The van der Waals surface area contributed by atoms with Crippen molar-refractivity contribution in [1.82, 2.24) is 14.3 Å². The number of fused-ring (bicyclic) bond motifs is 1. The Balaban J connectivity index is 1.93. The zero-order chi connectivity index (χ0) is 13.4. The molecule has 0 unspecified atom stereocenters. The maximum Gasteiger partial charge on any atom is 0.258 e. The summed E-state index contributed by atoms with van der Waals surface area (Å²) in [6.45, 7) is 2.54. The molecule has 1 atom stereocenters. The fourth-order valence-electron chi connectivity index (χ4n) is 2.44. The van der Waals surface area contributed by atoms with E-state index < -0.39 is 0 Å². The van der Waals surface area contributed by atoms with E-state index >= 15 is 0 Å². The Labute approximate surface area is 119 Å². The van der Waals surface area contributed by atoms with Crippen LogP contribution in [0.5, 0.6) is 0 Å². The Hall–Kier alpha value is -1.24. The lowest BCUT2D eigenvalue weighted by Gasteiger charge is -2.14. The van der Waals surface area contributed by atoms with Crippen LogP contribution in [-0.2, 0) is 6.54 Å². The van der Waals surface area contributed by atoms with Crippen molar-refractivity contribution in [2.75, 3.05) is 13.1 Å². The molecule has 100 valence electrons. The van der Waals surface area contributed by atoms with E-state index in [0.29, 0.717) is 12.2 Å². The van der Waals surface area contributed by atoms with Crippen LogP contribution in [0.15, 0.2) is 33.7 Å². The second-order valence-electron chi connectivity index (χ2n) is 4.95. The van der Waals surface area contributed by atoms with Gasteiger partial charge in [-0.3, -0.25) is 14.1 Å². The van der Waals surface area contributed by atoms with Gasteiger partial charge in [-0.2, -0.15) is 0 Å². The summed E-state index contributed by atoms with van der Waals surface area (Å²) in [5, 5.41) is 0. The first-order valence-electron chi connectivity index (χ1n) is 6.27. The lowest BCUT2D eigenvalue weighted by Crippen LogP contribution is -2.27. The second-order valence-corrected chi connectivity index (χ2v) is 5.86. The molecule has 0 radical (unpaired) electrons. The number of nitrogens with zero attached hydrogens (tertiary/aromatic N) is 3. The standard InChI is InChI=1S/C13H15BrN4O/c14-9-1-2-12-16-11(5-13(19)18(12)6-9)8-17-4-3-10(15)7-17/h1-2,5-6,10H,3-4,7-8,15H2/t10-/m1/s1. The minimum Gasteiger partial charge on any atom is -0.326 e. The number of hydrogen-bond acceptors (Lipinski definition) is 4. The third kappa shape index (κ3) is 2.70. The van der Waals surface area contributed by atoms with Crippen molar-refractivity contribution in [3.63, 3.8) is 0 Å². The van der Waals surface area contributed by atoms with Crippen molar-refractivity contribution >= 4 is 21.6 Å². The molecule has 0 spiro atoms. The van der Waals surface area contributed by atoms with Crippen molar-refractivity contribution in [3.05, 3.63) is 44.9 Å². The zero-order valence-corrected chi connectivity index (χ0v) is 12.0. The average molecular weight is 323 g/mol. The third-order valence-electron chi connectivity index (χ3n) is 3.37. The van der Waals surface area contributed by atoms with E-state index in [2.05, 4.69) is 25.8 Å². The highest BCUT2D eigenvalue weighted by Crippen LogP contribution is 2.12. The van der Waals surface area contributed by atoms with Gasteiger partial charge in [-0.15, -0.1) is 0 Å². The highest BCUT2D eigenvalue weighted by molar-refractivity contribution is 9.10. The molecule has 2 N–H and O–H groups in total. The van der Waals surface area contributed by atoms with Gasteiger partial charge >= 0.3 is 0 Å². The van der Waals surface area contributed by atoms with E-state index in [1.807, 2.05) is 12.1 Å². The zero-order valence-electron chi connectivity index (χ0n) is 10.4. The SMILES string of the molecule is N[C@@H]1CCN(Cc2cc(=O)n3cc(Br)ccc3n2)C1. The summed E-state index contributed by atoms with van der Waals surface area (Å²) in [7, 11) is 0. The Kier molecular flexibility index (Phi) is 3.38. The molecule has 0 amide bonds. The Morgan fingerprint density at radius 2 is 2.32 bits per heavy atom. The van der Waals surface area contributed by atoms with Gasteiger partial charge < -0.3 is 5.73 Å². The highest BCUT2D eigenvalue weighted by Gasteiger charge is 2.19. The van der Waals surface area contributed by atoms with Crippen molar-refractivity contribution < 1.29 is 0 Å². The van der Waals surface area contributed by atoms with E-state index in [1.54, 1.807) is 16.7 Å². The molecule has 0 aliphatic carbocycles. The maximum absolute atomic E-state index is 12.0. The lowest BCUT2D eigenvalue weighted by atomic mass is 10.3. The van der Waals surface area contributed by atoms with E-state index in [4.69, 9.17) is 5.73 Å². The molecule has 2 aromatic rings. The molecule has 3 heterocycles. The topological polar surface area (TPSA) is 63.6 Å². The van der Waals surface area contributed by atoms with Crippen LogP contribution in [0.2, 0.25) is 0 Å². The van der Waals surface area contributed by atoms with Gasteiger partial charge in [0.25, 0.3) is 5.56 Å². The van der Waals surface area contributed by atoms with Crippen molar-refractivity contribution in [1.29, 1.82) is 0 Å². The number of likely N-dealkylation sites (tertiary alicyclic amines) is 1. The van der Waals surface area contributed by atoms with Gasteiger partial charge in [0.15, 0.2) is 0 Å². The summed E-state index contributed by atoms with van der Waals surface area (Å²) in [5.41, 5.74) is 7.31. The molecule has 6 heteroatoms. The van der Waals surface area contributed by atoms with Gasteiger partial charge in [-0.1, -0.05) is 0 Å². The van der Waals surface area contributed by atoms with Crippen LogP contribution >= 0.6 is 15.9 Å². The Morgan fingerprint density at radius 3 is 3.05 bits per heavy atom. The molecule has 3 rings (SSSR count). The van der Waals surface area contributed by atoms with E-state index in [-0.39, 0.29) is 11.6 Å². The summed E-state index contributed by atoms with van der Waals surface area (Å²) in [5.74, 6) is 0. The monoisotopic (exact) mass is 322 g/mol. The average Bonchev–Trinajstić information content (AvgIpc) is 2.76. The van der Waals surface area contributed by atoms with Crippen LogP contribution in [0.4, 0.5) is 0 Å². The number of pyridine rings is 1. The number of aromatic nitrogens is 2. The molecule has 0 aromatic carbocycles. The van der Waals surface area contributed by atoms with E-state index in [9.17, 15) is 4.79 Å². The molecule has 1 aliphatic rings. The first-order valence-corrected chi connectivity index (χ1v) is 7.07. The molecule has 1 aliphatic heterocycles. The van der Waals surface area contributed by atoms with Gasteiger partial charge in [-0.05, 0) is 34.5 Å². The van der Waals surface area contributed by atoms with Gasteiger partial charge in [-0.25, -0.2) is 4.98 Å². The Bertz CT molecular complexity index is 669. The maximum atomic E-state index is 12.0. The van der Waals surface area contributed by atoms with Gasteiger partial charge in [0.2, 0.25) is 0 Å². The van der Waals surface area contributed by atoms with E-state index in [0.717, 1.165) is 29.7 Å². The van der Waals surface area contributed by atoms with Crippen LogP contribution in [-0.4, -0.2) is 33.4 Å². The van der Waals surface area contributed by atoms with Crippen molar-refractivity contribution in [2.24, 2.45) is 5.73 Å². The molecule has 1 saturated heterocycles. The fourth-order valence-corrected chi connectivity index (χ4v) is 2.78. The molecule has 0 saturated carbocycles. The summed E-state index contributed by atoms with van der Waals surface area (Å²) in [6.07, 6.45) is 2.75. The summed E-state index contributed by atoms with van der Waals surface area (Å²) < 4.78 is 2.41. The van der Waals surface area contributed by atoms with Gasteiger partial charge in [0.1, 0.15) is 5.65 Å². The number of nitrogens with two attached hydrogens (primary N) is 1. The fraction of sp³-hybridized carbons (Fsp3) is 0.385.